The number of aliphatic carboxylic acids is 1. The normalized spacial score (nSPS) is 10.7. The summed E-state index contributed by atoms with van der Waals surface area (Å²) in [7, 11) is -0.831. The van der Waals surface area contributed by atoms with Crippen LogP contribution in [0.5, 0.6) is 0 Å². The molecular weight excluding hydrogens is 278 g/mol. The van der Waals surface area contributed by atoms with E-state index < -0.39 is 27.8 Å². The second-order valence-corrected chi connectivity index (χ2v) is 3.90. The van der Waals surface area contributed by atoms with Gasteiger partial charge in [-0.15, -0.1) is 0 Å². The number of carboxylic acids is 1. The number of nitrogens with two attached hydrogens (primary N) is 1. The van der Waals surface area contributed by atoms with Gasteiger partial charge in [0.25, 0.3) is 0 Å². The number of carbonyl (C=O) groups is 1. The molecule has 0 aliphatic heterocycles. The zero-order chi connectivity index (χ0) is 14.0. The maximum absolute atomic E-state index is 10.8. The summed E-state index contributed by atoms with van der Waals surface area (Å²) in [6, 6.07) is -0.926. The van der Waals surface area contributed by atoms with Gasteiger partial charge >= 0.3 is 105 Å². The zero-order valence-corrected chi connectivity index (χ0v) is 11.1. The van der Waals surface area contributed by atoms with Crippen molar-refractivity contribution >= 4 is 27.8 Å². The Bertz CT molecular complexity index is 511. The van der Waals surface area contributed by atoms with E-state index in [0.717, 1.165) is 4.90 Å². The second-order valence-electron chi connectivity index (χ2n) is 3.11. The Labute approximate surface area is 106 Å². The molecule has 0 rings (SSSR count). The molecule has 8 nitrogen and oxygen atoms in total. The van der Waals surface area contributed by atoms with Crippen LogP contribution in [0, 0.1) is 16.9 Å². The first kappa shape index (κ1) is 16.7. The van der Waals surface area contributed by atoms with Crippen LogP contribution >= 0.6 is 15.8 Å². The Balaban J connectivity index is 4.33. The molecule has 1 atom stereocenters. The molecule has 0 aliphatic rings. The molecule has 0 spiro atoms. The molecule has 0 aromatic rings. The van der Waals surface area contributed by atoms with E-state index in [4.69, 9.17) is 16.2 Å². The summed E-state index contributed by atoms with van der Waals surface area (Å²) in [6.45, 7) is 0.213. The van der Waals surface area contributed by atoms with Crippen molar-refractivity contribution < 1.29 is 19.0 Å². The number of rotatable bonds is 6. The number of carboxylic acid groups (broad SMARTS) is 1. The maximum atomic E-state index is 10.8. The van der Waals surface area contributed by atoms with Gasteiger partial charge in [-0.3, -0.25) is 0 Å². The van der Waals surface area contributed by atoms with Crippen LogP contribution in [0.2, 0.25) is 0 Å². The van der Waals surface area contributed by atoms with E-state index in [0.29, 0.717) is 6.42 Å². The van der Waals surface area contributed by atoms with Crippen molar-refractivity contribution in [1.82, 2.24) is 10.2 Å². The SMILES string of the molecule is N=C(N)N(C#P=O)CCC[C@H](NC#P=O)C(=O)O. The van der Waals surface area contributed by atoms with Gasteiger partial charge < -0.3 is 0 Å². The van der Waals surface area contributed by atoms with Crippen LogP contribution in [0.1, 0.15) is 12.8 Å². The molecule has 10 heteroatoms. The predicted octanol–water partition coefficient (Wildman–Crippen LogP) is 0.422. The third-order valence-electron chi connectivity index (χ3n) is 1.91. The fourth-order valence-electron chi connectivity index (χ4n) is 1.09. The number of hydrogen-bond donors (Lipinski definition) is 4. The Hall–Kier alpha value is -1.28. The first-order valence-corrected chi connectivity index (χ1v) is 6.40. The van der Waals surface area contributed by atoms with Crippen molar-refractivity contribution in [1.29, 1.82) is 5.41 Å². The summed E-state index contributed by atoms with van der Waals surface area (Å²) < 4.78 is 20.4. The summed E-state index contributed by atoms with van der Waals surface area (Å²) in [5.74, 6) is 3.02. The van der Waals surface area contributed by atoms with Crippen molar-refractivity contribution in [2.45, 2.75) is 18.9 Å². The van der Waals surface area contributed by atoms with Gasteiger partial charge in [0.1, 0.15) is 0 Å². The molecule has 0 aromatic heterocycles. The Morgan fingerprint density at radius 2 is 2.17 bits per heavy atom. The third-order valence-corrected chi connectivity index (χ3v) is 2.45. The molecule has 0 amide bonds. The van der Waals surface area contributed by atoms with Crippen LogP contribution in [0.15, 0.2) is 0 Å². The standard InChI is InChI=1S/C8H12N4O4P2/c9-8(10)12(5-18-16)3-1-2-6(7(13)14)11-4-17-15/h6,11H,1-3H2,(H3,9,10)(H,13,14)/t6-/m0/s1. The Morgan fingerprint density at radius 3 is 2.61 bits per heavy atom. The van der Waals surface area contributed by atoms with Crippen LogP contribution in [-0.4, -0.2) is 34.5 Å². The van der Waals surface area contributed by atoms with E-state index in [1.165, 1.54) is 0 Å². The Morgan fingerprint density at radius 1 is 1.50 bits per heavy atom. The van der Waals surface area contributed by atoms with E-state index >= 15 is 0 Å². The van der Waals surface area contributed by atoms with Gasteiger partial charge in [-0.25, -0.2) is 0 Å². The van der Waals surface area contributed by atoms with Gasteiger partial charge in [-0.1, -0.05) is 0 Å². The minimum atomic E-state index is -1.10. The first-order valence-electron chi connectivity index (χ1n) is 4.78. The number of nitrogens with one attached hydrogen (secondary N) is 2. The second kappa shape index (κ2) is 9.72. The molecule has 0 aliphatic carbocycles. The number of nitrogens with zero attached hydrogens (tertiary/aromatic N) is 1. The van der Waals surface area contributed by atoms with Crippen LogP contribution in [0.3, 0.4) is 0 Å². The van der Waals surface area contributed by atoms with Crippen LogP contribution in [0.4, 0.5) is 0 Å². The molecular formula is C8H12N4O4P2. The quantitative estimate of drug-likeness (QED) is 0.241. The van der Waals surface area contributed by atoms with Crippen LogP contribution in [0.25, 0.3) is 0 Å². The predicted molar refractivity (Wildman–Crippen MR) is 65.4 cm³/mol. The number of hydrogen-bond acceptors (Lipinski definition) is 5. The third kappa shape index (κ3) is 7.13. The van der Waals surface area contributed by atoms with E-state index in [1.54, 1.807) is 0 Å². The molecule has 0 radical (unpaired) electrons. The average Bonchev–Trinajstić information content (AvgIpc) is 2.31. The molecule has 98 valence electrons. The molecule has 0 unspecified atom stereocenters. The zero-order valence-electron chi connectivity index (χ0n) is 9.29. The van der Waals surface area contributed by atoms with E-state index in [9.17, 15) is 13.9 Å². The summed E-state index contributed by atoms with van der Waals surface area (Å²) in [5, 5.41) is 18.3. The van der Waals surface area contributed by atoms with Crippen molar-refractivity contribution in [3.63, 3.8) is 0 Å². The summed E-state index contributed by atoms with van der Waals surface area (Å²) >= 11 is 0. The summed E-state index contributed by atoms with van der Waals surface area (Å²) in [5.41, 5.74) is 5.20. The molecule has 0 saturated carbocycles. The molecule has 0 bridgehead atoms. The van der Waals surface area contributed by atoms with Crippen molar-refractivity contribution in [3.8, 4) is 11.5 Å². The van der Waals surface area contributed by atoms with Crippen molar-refractivity contribution in [3.05, 3.63) is 0 Å². The molecule has 0 fully saturated rings. The van der Waals surface area contributed by atoms with Crippen LogP contribution in [-0.2, 0) is 13.9 Å². The molecule has 0 heterocycles. The Kier molecular flexibility index (Phi) is 9.03. The summed E-state index contributed by atoms with van der Waals surface area (Å²) in [6.07, 6.45) is 0.572. The van der Waals surface area contributed by atoms with E-state index in [1.807, 2.05) is 0 Å². The van der Waals surface area contributed by atoms with Gasteiger partial charge in [-0.05, 0) is 0 Å². The summed E-state index contributed by atoms with van der Waals surface area (Å²) in [4.78, 5) is 11.9. The molecule has 18 heavy (non-hydrogen) atoms. The van der Waals surface area contributed by atoms with Gasteiger partial charge in [-0.2, -0.15) is 0 Å². The molecule has 0 aromatic carbocycles. The van der Waals surface area contributed by atoms with Gasteiger partial charge in [0.15, 0.2) is 0 Å². The fraction of sp³-hybridized carbons (Fsp3) is 0.500. The monoisotopic (exact) mass is 290 g/mol. The first-order chi connectivity index (χ1) is 8.52. The van der Waals surface area contributed by atoms with Gasteiger partial charge in [0.2, 0.25) is 0 Å². The van der Waals surface area contributed by atoms with Crippen molar-refractivity contribution in [2.75, 3.05) is 6.54 Å². The van der Waals surface area contributed by atoms with Crippen molar-refractivity contribution in [2.24, 2.45) is 5.73 Å². The van der Waals surface area contributed by atoms with E-state index in [-0.39, 0.29) is 18.9 Å². The average molecular weight is 290 g/mol. The topological polar surface area (TPSA) is 137 Å². The van der Waals surface area contributed by atoms with Gasteiger partial charge in [0.05, 0.1) is 0 Å². The van der Waals surface area contributed by atoms with E-state index in [2.05, 4.69) is 16.8 Å². The fourth-order valence-corrected chi connectivity index (χ4v) is 1.60. The minimum absolute atomic E-state index is 0.207. The molecule has 0 saturated heterocycles. The van der Waals surface area contributed by atoms with Crippen LogP contribution < -0.4 is 11.1 Å². The number of guanidine groups is 1. The molecule has 5 N–H and O–H groups in total. The van der Waals surface area contributed by atoms with Gasteiger partial charge in [0, 0.05) is 0 Å².